The Kier molecular flexibility index (Phi) is 9.70. The number of carbonyl (C=O) groups excluding carboxylic acids is 1. The van der Waals surface area contributed by atoms with Crippen molar-refractivity contribution in [3.05, 3.63) is 82.9 Å². The number of allylic oxidation sites excluding steroid dienone is 1. The summed E-state index contributed by atoms with van der Waals surface area (Å²) < 4.78 is 89.5. The number of halogens is 3. The molecule has 2 heterocycles. The topological polar surface area (TPSA) is 103 Å². The van der Waals surface area contributed by atoms with E-state index >= 15 is 0 Å². The summed E-state index contributed by atoms with van der Waals surface area (Å²) in [5.41, 5.74) is 2.17. The maximum atomic E-state index is 13.8. The first-order valence-corrected chi connectivity index (χ1v) is 16.1. The average molecular weight is 647 g/mol. The first kappa shape index (κ1) is 32.3. The largest absolute Gasteiger partial charge is 0.493 e. The number of benzene rings is 3. The third-order valence-corrected chi connectivity index (χ3v) is 7.89. The maximum Gasteiger partial charge on any atom is 0.416 e. The van der Waals surface area contributed by atoms with Crippen molar-refractivity contribution in [1.29, 1.82) is 0 Å². The van der Waals surface area contributed by atoms with Crippen molar-refractivity contribution in [2.75, 3.05) is 56.1 Å². The molecule has 5 rings (SSSR count). The number of alkyl halides is 3. The van der Waals surface area contributed by atoms with Gasteiger partial charge in [-0.2, -0.15) is 13.2 Å². The van der Waals surface area contributed by atoms with Crippen LogP contribution in [0.25, 0.3) is 16.9 Å². The third-order valence-electron chi connectivity index (χ3n) is 7.30. The van der Waals surface area contributed by atoms with E-state index in [1.807, 2.05) is 0 Å². The molecular formula is C32H33F3N2O7S. The second-order valence-electron chi connectivity index (χ2n) is 10.7. The zero-order chi connectivity index (χ0) is 32.2. The summed E-state index contributed by atoms with van der Waals surface area (Å²) in [7, 11) is -2.14. The molecule has 0 radical (unpaired) electrons. The third kappa shape index (κ3) is 7.96. The lowest BCUT2D eigenvalue weighted by Gasteiger charge is -2.29. The van der Waals surface area contributed by atoms with Crippen molar-refractivity contribution in [3.63, 3.8) is 0 Å². The second-order valence-corrected chi connectivity index (χ2v) is 12.4. The van der Waals surface area contributed by atoms with Crippen molar-refractivity contribution in [2.45, 2.75) is 25.4 Å². The van der Waals surface area contributed by atoms with Crippen LogP contribution in [-0.4, -0.2) is 60.8 Å². The molecule has 0 bridgehead atoms. The zero-order valence-electron chi connectivity index (χ0n) is 24.8. The summed E-state index contributed by atoms with van der Waals surface area (Å²) in [6.45, 7) is 1.22. The van der Waals surface area contributed by atoms with Crippen LogP contribution in [-0.2, 0) is 36.8 Å². The molecule has 2 aliphatic rings. The van der Waals surface area contributed by atoms with Gasteiger partial charge in [0.1, 0.15) is 11.5 Å². The first-order valence-electron chi connectivity index (χ1n) is 14.2. The van der Waals surface area contributed by atoms with Gasteiger partial charge in [0, 0.05) is 30.5 Å². The Hall–Kier alpha value is -4.07. The number of sulfonamides is 1. The van der Waals surface area contributed by atoms with Crippen LogP contribution in [0.5, 0.6) is 5.75 Å². The SMILES string of the molecule is COCCOCOc1ccc(N2CCc3cc(-c4cc(C5=CCCCO5)cc(C(F)(F)F)c4)ccc3C2=O)cc1NS(C)(=O)=O. The molecule has 0 saturated heterocycles. The number of nitrogens with zero attached hydrogens (tertiary/aromatic N) is 1. The van der Waals surface area contributed by atoms with Crippen LogP contribution in [0.1, 0.15) is 39.9 Å². The molecule has 0 aliphatic carbocycles. The molecule has 3 aromatic carbocycles. The highest BCUT2D eigenvalue weighted by Crippen LogP contribution is 2.38. The fourth-order valence-electron chi connectivity index (χ4n) is 5.17. The minimum Gasteiger partial charge on any atom is -0.493 e. The fourth-order valence-corrected chi connectivity index (χ4v) is 5.73. The summed E-state index contributed by atoms with van der Waals surface area (Å²) >= 11 is 0. The Morgan fingerprint density at radius 1 is 1.00 bits per heavy atom. The normalized spacial score (nSPS) is 15.3. The van der Waals surface area contributed by atoms with Gasteiger partial charge in [-0.3, -0.25) is 9.52 Å². The summed E-state index contributed by atoms with van der Waals surface area (Å²) in [6.07, 6.45) is 0.217. The summed E-state index contributed by atoms with van der Waals surface area (Å²) in [6, 6.07) is 13.6. The molecular weight excluding hydrogens is 613 g/mol. The van der Waals surface area contributed by atoms with Crippen LogP contribution in [0.2, 0.25) is 0 Å². The number of hydrogen-bond donors (Lipinski definition) is 1. The van der Waals surface area contributed by atoms with Crippen LogP contribution in [0.4, 0.5) is 24.5 Å². The monoisotopic (exact) mass is 646 g/mol. The predicted octanol–water partition coefficient (Wildman–Crippen LogP) is 6.10. The number of nitrogens with one attached hydrogen (secondary N) is 1. The lowest BCUT2D eigenvalue weighted by Crippen LogP contribution is -2.37. The molecule has 45 heavy (non-hydrogen) atoms. The smallest absolute Gasteiger partial charge is 0.416 e. The standard InChI is InChI=1S/C32H33F3N2O7S/c1-41-13-14-42-20-44-30-9-7-26(19-28(30)36-45(2,39)40)37-11-10-22-15-21(6-8-27(22)31(37)38)23-16-24(29-5-3-4-12-43-29)18-25(17-23)32(33,34)35/h5-9,15-19,36H,3-4,10-14,20H2,1-2H3. The summed E-state index contributed by atoms with van der Waals surface area (Å²) in [4.78, 5) is 15.1. The van der Waals surface area contributed by atoms with Crippen LogP contribution >= 0.6 is 0 Å². The molecule has 0 saturated carbocycles. The van der Waals surface area contributed by atoms with Gasteiger partial charge in [-0.05, 0) is 84.5 Å². The van der Waals surface area contributed by atoms with E-state index < -0.39 is 21.8 Å². The molecule has 1 amide bonds. The minimum atomic E-state index is -4.55. The highest BCUT2D eigenvalue weighted by molar-refractivity contribution is 7.92. The number of fused-ring (bicyclic) bond motifs is 1. The number of methoxy groups -OCH3 is 1. The van der Waals surface area contributed by atoms with Gasteiger partial charge in [0.15, 0.2) is 6.79 Å². The molecule has 2 aliphatic heterocycles. The van der Waals surface area contributed by atoms with Crippen molar-refractivity contribution >= 4 is 33.1 Å². The summed E-state index contributed by atoms with van der Waals surface area (Å²) in [5.74, 6) is 0.318. The zero-order valence-corrected chi connectivity index (χ0v) is 25.6. The van der Waals surface area contributed by atoms with Gasteiger partial charge in [-0.15, -0.1) is 0 Å². The predicted molar refractivity (Wildman–Crippen MR) is 164 cm³/mol. The van der Waals surface area contributed by atoms with Crippen molar-refractivity contribution < 1.29 is 45.3 Å². The second kappa shape index (κ2) is 13.5. The molecule has 13 heteroatoms. The van der Waals surface area contributed by atoms with Gasteiger partial charge >= 0.3 is 6.18 Å². The van der Waals surface area contributed by atoms with Crippen molar-refractivity contribution in [3.8, 4) is 16.9 Å². The lowest BCUT2D eigenvalue weighted by atomic mass is 9.92. The number of carbonyl (C=O) groups is 1. The van der Waals surface area contributed by atoms with Crippen molar-refractivity contribution in [1.82, 2.24) is 0 Å². The lowest BCUT2D eigenvalue weighted by molar-refractivity contribution is -0.137. The van der Waals surface area contributed by atoms with Crippen molar-refractivity contribution in [2.24, 2.45) is 0 Å². The van der Waals surface area contributed by atoms with Gasteiger partial charge in [0.05, 0.1) is 37.3 Å². The molecule has 0 aromatic heterocycles. The quantitative estimate of drug-likeness (QED) is 0.199. The molecule has 0 spiro atoms. The molecule has 1 N–H and O–H groups in total. The maximum absolute atomic E-state index is 13.8. The highest BCUT2D eigenvalue weighted by atomic mass is 32.2. The number of ether oxygens (including phenoxy) is 4. The van der Waals surface area contributed by atoms with Crippen LogP contribution in [0.3, 0.4) is 0 Å². The van der Waals surface area contributed by atoms with Crippen LogP contribution in [0.15, 0.2) is 60.7 Å². The Bertz CT molecular complexity index is 1710. The van der Waals surface area contributed by atoms with E-state index in [2.05, 4.69) is 4.72 Å². The van der Waals surface area contributed by atoms with Gasteiger partial charge in [0.25, 0.3) is 5.91 Å². The number of hydrogen-bond acceptors (Lipinski definition) is 7. The number of amides is 1. The van der Waals surface area contributed by atoms with Gasteiger partial charge in [-0.1, -0.05) is 12.1 Å². The minimum absolute atomic E-state index is 0.136. The Balaban J connectivity index is 1.41. The molecule has 0 unspecified atom stereocenters. The fraction of sp³-hybridized carbons (Fsp3) is 0.344. The van der Waals surface area contributed by atoms with Gasteiger partial charge < -0.3 is 23.8 Å². The first-order chi connectivity index (χ1) is 21.4. The number of anilines is 2. The number of rotatable bonds is 11. The highest BCUT2D eigenvalue weighted by Gasteiger charge is 2.32. The van der Waals surface area contributed by atoms with E-state index in [1.165, 1.54) is 18.1 Å². The van der Waals surface area contributed by atoms with E-state index in [4.69, 9.17) is 18.9 Å². The van der Waals surface area contributed by atoms with Gasteiger partial charge in [-0.25, -0.2) is 8.42 Å². The Labute approximate surface area is 259 Å². The van der Waals surface area contributed by atoms with E-state index in [0.717, 1.165) is 31.2 Å². The Morgan fingerprint density at radius 2 is 1.80 bits per heavy atom. The van der Waals surface area contributed by atoms with E-state index in [9.17, 15) is 26.4 Å². The molecule has 240 valence electrons. The van der Waals surface area contributed by atoms with Crippen LogP contribution < -0.4 is 14.4 Å². The summed E-state index contributed by atoms with van der Waals surface area (Å²) in [5, 5.41) is 0. The van der Waals surface area contributed by atoms with E-state index in [-0.39, 0.29) is 37.3 Å². The molecule has 0 fully saturated rings. The van der Waals surface area contributed by atoms with E-state index in [0.29, 0.717) is 58.9 Å². The van der Waals surface area contributed by atoms with Gasteiger partial charge in [0.2, 0.25) is 10.0 Å². The average Bonchev–Trinajstić information content (AvgIpc) is 3.00. The Morgan fingerprint density at radius 3 is 2.51 bits per heavy atom. The van der Waals surface area contributed by atoms with E-state index in [1.54, 1.807) is 42.5 Å². The molecule has 3 aromatic rings. The van der Waals surface area contributed by atoms with Crippen LogP contribution in [0, 0.1) is 0 Å². The molecule has 9 nitrogen and oxygen atoms in total. The molecule has 0 atom stereocenters.